The molecule has 1 saturated heterocycles. The van der Waals surface area contributed by atoms with E-state index >= 15 is 0 Å². The van der Waals surface area contributed by atoms with Crippen LogP contribution in [0.1, 0.15) is 20.8 Å². The lowest BCUT2D eigenvalue weighted by atomic mass is 10.1. The number of carboxylic acid groups (broad SMARTS) is 1. The summed E-state index contributed by atoms with van der Waals surface area (Å²) in [6, 6.07) is -0.402. The van der Waals surface area contributed by atoms with Gasteiger partial charge in [-0.1, -0.05) is 5.92 Å². The molecule has 1 heterocycles. The van der Waals surface area contributed by atoms with Gasteiger partial charge in [0.2, 0.25) is 0 Å². The highest BCUT2D eigenvalue weighted by molar-refractivity contribution is 5.69. The fourth-order valence-electron chi connectivity index (χ4n) is 1.73. The summed E-state index contributed by atoms with van der Waals surface area (Å²) in [5.74, 6) is 2.17. The number of likely N-dealkylation sites (tertiary alicyclic amines) is 1. The second-order valence-electron chi connectivity index (χ2n) is 5.21. The molecule has 0 aromatic carbocycles. The second kappa shape index (κ2) is 5.17. The molecule has 100 valence electrons. The van der Waals surface area contributed by atoms with Gasteiger partial charge in [0, 0.05) is 13.1 Å². The number of carbonyl (C=O) groups is 2. The Hall–Kier alpha value is -1.90. The van der Waals surface area contributed by atoms with Crippen LogP contribution in [0.2, 0.25) is 0 Å². The molecule has 1 fully saturated rings. The summed E-state index contributed by atoms with van der Waals surface area (Å²) in [5.41, 5.74) is -0.596. The summed E-state index contributed by atoms with van der Waals surface area (Å²) < 4.78 is 5.10. The summed E-state index contributed by atoms with van der Waals surface area (Å²) in [6.07, 6.45) is 3.71. The zero-order valence-electron chi connectivity index (χ0n) is 10.8. The van der Waals surface area contributed by atoms with Crippen LogP contribution >= 0.6 is 0 Å². The Morgan fingerprint density at radius 2 is 2.06 bits per heavy atom. The number of hydrogen-bond acceptors (Lipinski definition) is 3. The molecular formula is C12H18N2O4. The van der Waals surface area contributed by atoms with E-state index in [1.54, 1.807) is 20.8 Å². The molecule has 0 radical (unpaired) electrons. The van der Waals surface area contributed by atoms with Gasteiger partial charge in [-0.15, -0.1) is 6.42 Å². The van der Waals surface area contributed by atoms with Crippen LogP contribution in [0.4, 0.5) is 9.59 Å². The molecule has 0 saturated carbocycles. The van der Waals surface area contributed by atoms with Crippen molar-refractivity contribution in [1.82, 2.24) is 10.2 Å². The molecule has 1 aliphatic heterocycles. The fourth-order valence-corrected chi connectivity index (χ4v) is 1.73. The van der Waals surface area contributed by atoms with Gasteiger partial charge in [-0.3, -0.25) is 0 Å². The van der Waals surface area contributed by atoms with Crippen molar-refractivity contribution in [2.45, 2.75) is 32.4 Å². The smallest absolute Gasteiger partial charge is 0.407 e. The average molecular weight is 254 g/mol. The van der Waals surface area contributed by atoms with E-state index in [4.69, 9.17) is 16.3 Å². The summed E-state index contributed by atoms with van der Waals surface area (Å²) in [7, 11) is 0. The fraction of sp³-hybridized carbons (Fsp3) is 0.667. The quantitative estimate of drug-likeness (QED) is 0.687. The van der Waals surface area contributed by atoms with E-state index in [1.807, 2.05) is 0 Å². The average Bonchev–Trinajstić information content (AvgIpc) is 2.57. The van der Waals surface area contributed by atoms with Crippen LogP contribution in [0.3, 0.4) is 0 Å². The molecule has 2 unspecified atom stereocenters. The lowest BCUT2D eigenvalue weighted by Crippen LogP contribution is -2.43. The molecule has 0 bridgehead atoms. The number of terminal acetylenes is 1. The minimum Gasteiger partial charge on any atom is -0.465 e. The first kappa shape index (κ1) is 14.2. The van der Waals surface area contributed by atoms with Gasteiger partial charge in [-0.25, -0.2) is 9.59 Å². The van der Waals surface area contributed by atoms with Crippen LogP contribution in [0.25, 0.3) is 0 Å². The third-order valence-electron chi connectivity index (χ3n) is 2.51. The first-order valence-electron chi connectivity index (χ1n) is 5.66. The van der Waals surface area contributed by atoms with Crippen molar-refractivity contribution in [2.24, 2.45) is 5.92 Å². The monoisotopic (exact) mass is 254 g/mol. The van der Waals surface area contributed by atoms with E-state index in [9.17, 15) is 9.59 Å². The van der Waals surface area contributed by atoms with Crippen molar-refractivity contribution in [3.8, 4) is 12.3 Å². The Morgan fingerprint density at radius 3 is 2.50 bits per heavy atom. The van der Waals surface area contributed by atoms with Crippen molar-refractivity contribution in [3.63, 3.8) is 0 Å². The minimum absolute atomic E-state index is 0.184. The highest BCUT2D eigenvalue weighted by Gasteiger charge is 2.35. The first-order valence-corrected chi connectivity index (χ1v) is 5.66. The Morgan fingerprint density at radius 1 is 1.44 bits per heavy atom. The Balaban J connectivity index is 2.59. The number of ether oxygens (including phenoxy) is 1. The Labute approximate surface area is 106 Å². The highest BCUT2D eigenvalue weighted by atomic mass is 16.6. The van der Waals surface area contributed by atoms with Crippen molar-refractivity contribution >= 4 is 12.2 Å². The van der Waals surface area contributed by atoms with Crippen molar-refractivity contribution in [2.75, 3.05) is 13.1 Å². The lowest BCUT2D eigenvalue weighted by Gasteiger charge is -2.22. The van der Waals surface area contributed by atoms with Crippen LogP contribution in [0.5, 0.6) is 0 Å². The van der Waals surface area contributed by atoms with Gasteiger partial charge in [0.05, 0.1) is 12.0 Å². The Kier molecular flexibility index (Phi) is 4.07. The van der Waals surface area contributed by atoms with Crippen LogP contribution in [-0.2, 0) is 4.74 Å². The van der Waals surface area contributed by atoms with E-state index in [0.717, 1.165) is 0 Å². The van der Waals surface area contributed by atoms with Crippen LogP contribution in [0, 0.1) is 18.3 Å². The maximum Gasteiger partial charge on any atom is 0.407 e. The zero-order chi connectivity index (χ0) is 13.9. The van der Waals surface area contributed by atoms with Gasteiger partial charge in [-0.05, 0) is 20.8 Å². The van der Waals surface area contributed by atoms with Crippen molar-refractivity contribution in [1.29, 1.82) is 0 Å². The van der Waals surface area contributed by atoms with Crippen LogP contribution in [0.15, 0.2) is 0 Å². The third-order valence-corrected chi connectivity index (χ3v) is 2.51. The molecule has 18 heavy (non-hydrogen) atoms. The second-order valence-corrected chi connectivity index (χ2v) is 5.21. The number of carbonyl (C=O) groups excluding carboxylic acids is 1. The summed E-state index contributed by atoms with van der Waals surface area (Å²) in [5, 5.41) is 11.5. The molecule has 0 spiro atoms. The van der Waals surface area contributed by atoms with Gasteiger partial charge in [0.1, 0.15) is 5.60 Å². The van der Waals surface area contributed by atoms with Gasteiger partial charge in [-0.2, -0.15) is 0 Å². The van der Waals surface area contributed by atoms with E-state index < -0.39 is 23.8 Å². The number of rotatable bonds is 1. The number of nitrogens with one attached hydrogen (secondary N) is 1. The predicted octanol–water partition coefficient (Wildman–Crippen LogP) is 1.12. The summed E-state index contributed by atoms with van der Waals surface area (Å²) in [4.78, 5) is 23.6. The maximum atomic E-state index is 11.6. The molecule has 1 aliphatic rings. The van der Waals surface area contributed by atoms with Gasteiger partial charge >= 0.3 is 12.2 Å². The molecule has 2 N–H and O–H groups in total. The zero-order valence-corrected chi connectivity index (χ0v) is 10.8. The Bertz CT molecular complexity index is 381. The third kappa shape index (κ3) is 3.84. The van der Waals surface area contributed by atoms with Crippen molar-refractivity contribution in [3.05, 3.63) is 0 Å². The normalized spacial score (nSPS) is 23.3. The van der Waals surface area contributed by atoms with E-state index in [-0.39, 0.29) is 19.0 Å². The van der Waals surface area contributed by atoms with E-state index in [0.29, 0.717) is 0 Å². The molecule has 2 amide bonds. The summed E-state index contributed by atoms with van der Waals surface area (Å²) >= 11 is 0. The number of nitrogens with zero attached hydrogens (tertiary/aromatic N) is 1. The number of hydrogen-bond donors (Lipinski definition) is 2. The van der Waals surface area contributed by atoms with Crippen LogP contribution in [-0.4, -0.2) is 46.9 Å². The van der Waals surface area contributed by atoms with Gasteiger partial charge in [0.15, 0.2) is 0 Å². The maximum absolute atomic E-state index is 11.6. The summed E-state index contributed by atoms with van der Waals surface area (Å²) in [6.45, 7) is 5.67. The van der Waals surface area contributed by atoms with Crippen LogP contribution < -0.4 is 5.32 Å². The minimum atomic E-state index is -1.04. The number of alkyl carbamates (subject to hydrolysis) is 1. The van der Waals surface area contributed by atoms with Gasteiger partial charge in [0.25, 0.3) is 0 Å². The first-order chi connectivity index (χ1) is 8.23. The molecule has 0 aromatic heterocycles. The highest BCUT2D eigenvalue weighted by Crippen LogP contribution is 2.17. The van der Waals surface area contributed by atoms with E-state index in [1.165, 1.54) is 4.90 Å². The SMILES string of the molecule is C#CC1CN(C(=O)O)CC1NC(=O)OC(C)(C)C. The lowest BCUT2D eigenvalue weighted by molar-refractivity contribution is 0.0500. The molecule has 6 heteroatoms. The largest absolute Gasteiger partial charge is 0.465 e. The molecule has 1 rings (SSSR count). The molecule has 6 nitrogen and oxygen atoms in total. The molecule has 2 atom stereocenters. The molecule has 0 aromatic rings. The molecule has 0 aliphatic carbocycles. The predicted molar refractivity (Wildman–Crippen MR) is 65.1 cm³/mol. The molecular weight excluding hydrogens is 236 g/mol. The van der Waals surface area contributed by atoms with E-state index in [2.05, 4.69) is 11.2 Å². The van der Waals surface area contributed by atoms with Crippen molar-refractivity contribution < 1.29 is 19.4 Å². The standard InChI is InChI=1S/C12H18N2O4/c1-5-8-6-14(11(16)17)7-9(8)13-10(15)18-12(2,3)4/h1,8-9H,6-7H2,2-4H3,(H,13,15)(H,16,17). The van der Waals surface area contributed by atoms with Gasteiger partial charge < -0.3 is 20.1 Å². The number of amides is 2. The topological polar surface area (TPSA) is 78.9 Å².